The van der Waals surface area contributed by atoms with Crippen molar-refractivity contribution in [1.29, 1.82) is 0 Å². The number of phenolic OH excluding ortho intramolecular Hbond substituents is 2. The molecule has 0 saturated carbocycles. The summed E-state index contributed by atoms with van der Waals surface area (Å²) in [5.74, 6) is -1.70. The van der Waals surface area contributed by atoms with Gasteiger partial charge in [0, 0.05) is 64.1 Å². The van der Waals surface area contributed by atoms with E-state index in [2.05, 4.69) is 45.1 Å². The number of fused-ring (bicyclic) bond motifs is 4. The van der Waals surface area contributed by atoms with Crippen molar-refractivity contribution in [2.24, 2.45) is 40.9 Å². The highest BCUT2D eigenvalue weighted by atomic mass is 32.2. The monoisotopic (exact) mass is 1070 g/mol. The normalized spacial score (nSPS) is 12.1. The lowest BCUT2D eigenvalue weighted by Crippen LogP contribution is -2.20. The molecule has 1 aliphatic rings. The van der Waals surface area contributed by atoms with E-state index in [9.17, 15) is 41.2 Å². The van der Waals surface area contributed by atoms with Gasteiger partial charge in [0.15, 0.2) is 23.1 Å². The third-order valence-electron chi connectivity index (χ3n) is 10.7. The van der Waals surface area contributed by atoms with Crippen LogP contribution in [0.2, 0.25) is 0 Å². The molecule has 0 bridgehead atoms. The van der Waals surface area contributed by atoms with Gasteiger partial charge in [0.1, 0.15) is 22.0 Å². The molecule has 0 fully saturated rings. The predicted molar refractivity (Wildman–Crippen MR) is 294 cm³/mol. The topological polar surface area (TPSA) is 323 Å². The molecule has 0 heterocycles. The molecule has 0 unspecified atom stereocenters. The van der Waals surface area contributed by atoms with Gasteiger partial charge in [-0.05, 0) is 60.7 Å². The number of azo groups is 4. The number of rotatable bonds is 10. The zero-order valence-electron chi connectivity index (χ0n) is 42.3. The van der Waals surface area contributed by atoms with Crippen LogP contribution in [0.5, 0.6) is 11.5 Å². The van der Waals surface area contributed by atoms with Gasteiger partial charge in [0.05, 0.1) is 40.6 Å². The Kier molecular flexibility index (Phi) is 20.1. The molecule has 0 aliphatic heterocycles. The zero-order chi connectivity index (χ0) is 55.7. The van der Waals surface area contributed by atoms with E-state index in [1.54, 1.807) is 127 Å². The second-order valence-electron chi connectivity index (χ2n) is 15.3. The molecular weight excluding hydrogens is 1010 g/mol. The van der Waals surface area contributed by atoms with Gasteiger partial charge >= 0.3 is 0 Å². The third-order valence-corrected chi connectivity index (χ3v) is 12.6. The summed E-state index contributed by atoms with van der Waals surface area (Å²) in [6.07, 6.45) is 0. The highest BCUT2D eigenvalue weighted by molar-refractivity contribution is 7.87. The molecule has 20 nitrogen and oxygen atoms in total. The number of ketones is 2. The minimum Gasteiger partial charge on any atom is -0.505 e. The van der Waals surface area contributed by atoms with Crippen molar-refractivity contribution >= 4 is 98.8 Å². The summed E-state index contributed by atoms with van der Waals surface area (Å²) >= 11 is 0. The van der Waals surface area contributed by atoms with Gasteiger partial charge in [-0.25, -0.2) is 0 Å². The van der Waals surface area contributed by atoms with Crippen LogP contribution >= 0.6 is 0 Å². The lowest BCUT2D eigenvalue weighted by molar-refractivity contribution is 0.0979. The Morgan fingerprint density at radius 2 is 0.868 bits per heavy atom. The molecular formula is C54H54N10O10S2. The molecule has 0 radical (unpaired) electrons. The first-order valence-corrected chi connectivity index (χ1v) is 26.2. The average molecular weight is 1070 g/mol. The lowest BCUT2D eigenvalue weighted by atomic mass is 9.84. The van der Waals surface area contributed by atoms with E-state index >= 15 is 0 Å². The number of aromatic hydroxyl groups is 2. The van der Waals surface area contributed by atoms with Crippen LogP contribution in [0.4, 0.5) is 45.5 Å². The summed E-state index contributed by atoms with van der Waals surface area (Å²) < 4.78 is 61.8. The van der Waals surface area contributed by atoms with Crippen LogP contribution in [0.1, 0.15) is 65.1 Å². The molecule has 76 heavy (non-hydrogen) atoms. The van der Waals surface area contributed by atoms with E-state index in [0.29, 0.717) is 50.4 Å². The molecule has 7 N–H and O–H groups in total. The van der Waals surface area contributed by atoms with Gasteiger partial charge < -0.3 is 21.7 Å². The fourth-order valence-electron chi connectivity index (χ4n) is 7.46. The first kappa shape index (κ1) is 57.9. The Morgan fingerprint density at radius 3 is 1.25 bits per heavy atom. The molecule has 0 amide bonds. The number of hydrogen-bond donors (Lipinski definition) is 5. The number of phenols is 2. The molecule has 0 spiro atoms. The first-order chi connectivity index (χ1) is 36.5. The first-order valence-electron chi connectivity index (χ1n) is 23.2. The summed E-state index contributed by atoms with van der Waals surface area (Å²) in [6.45, 7) is 8.00. The third kappa shape index (κ3) is 13.4. The van der Waals surface area contributed by atoms with Crippen LogP contribution in [0, 0.1) is 0 Å². The van der Waals surface area contributed by atoms with Crippen molar-refractivity contribution < 1.29 is 45.4 Å². The molecule has 9 rings (SSSR count). The van der Waals surface area contributed by atoms with Crippen LogP contribution < -0.4 is 11.5 Å². The zero-order valence-corrected chi connectivity index (χ0v) is 43.9. The van der Waals surface area contributed by atoms with Crippen molar-refractivity contribution in [2.75, 3.05) is 32.7 Å². The number of carbonyl (C=O) groups excluding carboxylic acids is 2. The minimum atomic E-state index is -4.40. The maximum Gasteiger partial charge on any atom is 0.299 e. The van der Waals surface area contributed by atoms with Gasteiger partial charge in [-0.15, -0.1) is 10.2 Å². The summed E-state index contributed by atoms with van der Waals surface area (Å²) in [7, 11) is -4.66. The number of carbonyl (C=O) groups is 2. The highest BCUT2D eigenvalue weighted by Crippen LogP contribution is 2.48. The number of benzene rings is 8. The van der Waals surface area contributed by atoms with E-state index in [1.165, 1.54) is 32.3 Å². The number of hydrogen-bond acceptors (Lipinski definition) is 19. The summed E-state index contributed by atoms with van der Waals surface area (Å²) in [6, 6.07) is 40.3. The van der Waals surface area contributed by atoms with Gasteiger partial charge in [-0.2, -0.15) is 47.5 Å². The molecule has 392 valence electrons. The Morgan fingerprint density at radius 1 is 0.500 bits per heavy atom. The standard InChI is InChI=1S/2C18H17N5O4S.C14H8O2.2C2H6/c1-20-22-14-9-8-13(19)16-12(14)10-15(28(25,26)27-2)17(18(16)24)23-21-11-6-4-3-5-7-11;1-20-22-15-8-7-14(19)16-13(15)9-11(10-28(25,26)27)17(18(16)24)23-21-12-5-3-2-4-6-12;15-13-9-5-1-2-6-10(9)14(16)12-8-4-3-7-11(12)13;2*1-2/h3-10,24H,19H2,1-2H3;2-9,24H,10,19H2,1H3,(H,25,26,27);1-8H;2*1-2H3. The Hall–Kier alpha value is -8.96. The minimum absolute atomic E-state index is 0.0466. The second-order valence-corrected chi connectivity index (χ2v) is 18.4. The SMILES string of the molecule is CC.CC.CN=Nc1ccc(N)c2c(O)c(N=Nc3ccccc3)c(CS(=O)(=O)O)cc12.CN=Nc1ccc(N)c2c(O)c(N=Nc3ccccc3)c(S(=O)(=O)OC)cc12.O=C1c2ccccc2C(=O)c2ccccc21. The molecule has 8 aromatic carbocycles. The summed E-state index contributed by atoms with van der Waals surface area (Å²) in [5.41, 5.74) is 15.9. The number of nitrogen functional groups attached to an aromatic ring is 2. The molecule has 1 aliphatic carbocycles. The predicted octanol–water partition coefficient (Wildman–Crippen LogP) is 13.8. The van der Waals surface area contributed by atoms with E-state index in [1.807, 2.05) is 27.7 Å². The Labute approximate surface area is 439 Å². The van der Waals surface area contributed by atoms with Crippen LogP contribution in [0.15, 0.2) is 191 Å². The quantitative estimate of drug-likeness (QED) is 0.0369. The Bertz CT molecular complexity index is 3660. The maximum absolute atomic E-state index is 12.5. The average Bonchev–Trinajstić information content (AvgIpc) is 3.43. The molecule has 0 aromatic heterocycles. The van der Waals surface area contributed by atoms with E-state index in [0.717, 1.165) is 7.11 Å². The van der Waals surface area contributed by atoms with Gasteiger partial charge in [-0.3, -0.25) is 18.3 Å². The van der Waals surface area contributed by atoms with Crippen LogP contribution in [-0.4, -0.2) is 64.4 Å². The van der Waals surface area contributed by atoms with Gasteiger partial charge in [-0.1, -0.05) is 113 Å². The van der Waals surface area contributed by atoms with Crippen LogP contribution in [0.25, 0.3) is 21.5 Å². The van der Waals surface area contributed by atoms with E-state index in [4.69, 9.17) is 11.5 Å². The maximum atomic E-state index is 12.5. The molecule has 0 saturated heterocycles. The molecule has 22 heteroatoms. The largest absolute Gasteiger partial charge is 0.505 e. The molecule has 8 aromatic rings. The Balaban J connectivity index is 0.000000210. The van der Waals surface area contributed by atoms with Gasteiger partial charge in [0.2, 0.25) is 0 Å². The number of nitrogens with two attached hydrogens (primary N) is 2. The van der Waals surface area contributed by atoms with Crippen LogP contribution in [0.3, 0.4) is 0 Å². The van der Waals surface area contributed by atoms with Crippen molar-refractivity contribution in [3.63, 3.8) is 0 Å². The van der Waals surface area contributed by atoms with Crippen molar-refractivity contribution in [1.82, 2.24) is 0 Å². The van der Waals surface area contributed by atoms with Crippen molar-refractivity contribution in [3.8, 4) is 11.5 Å². The lowest BCUT2D eigenvalue weighted by Gasteiger charge is -2.16. The summed E-state index contributed by atoms with van der Waals surface area (Å²) in [5, 5.41) is 54.1. The number of nitrogens with zero attached hydrogens (tertiary/aromatic N) is 8. The van der Waals surface area contributed by atoms with Crippen molar-refractivity contribution in [2.45, 2.75) is 38.3 Å². The fraction of sp³-hybridized carbons (Fsp3) is 0.148. The smallest absolute Gasteiger partial charge is 0.299 e. The second kappa shape index (κ2) is 26.3. The fourth-order valence-corrected chi connectivity index (χ4v) is 8.89. The molecule has 0 atom stereocenters. The van der Waals surface area contributed by atoms with Crippen molar-refractivity contribution in [3.05, 3.63) is 173 Å². The van der Waals surface area contributed by atoms with E-state index < -0.39 is 31.7 Å². The van der Waals surface area contributed by atoms with Gasteiger partial charge in [0.25, 0.3) is 20.2 Å². The van der Waals surface area contributed by atoms with E-state index in [-0.39, 0.29) is 66.7 Å². The van der Waals surface area contributed by atoms with Crippen LogP contribution in [-0.2, 0) is 30.2 Å². The number of anilines is 2. The highest BCUT2D eigenvalue weighted by Gasteiger charge is 2.29. The summed E-state index contributed by atoms with van der Waals surface area (Å²) in [4.78, 5) is 23.8.